The van der Waals surface area contributed by atoms with Crippen LogP contribution in [0.25, 0.3) is 0 Å². The summed E-state index contributed by atoms with van der Waals surface area (Å²) in [7, 11) is 0. The third-order valence-electron chi connectivity index (χ3n) is 3.97. The van der Waals surface area contributed by atoms with Gasteiger partial charge in [-0.05, 0) is 48.6 Å². The minimum absolute atomic E-state index is 0.0369. The van der Waals surface area contributed by atoms with Gasteiger partial charge in [0.15, 0.2) is 17.5 Å². The molecule has 2 unspecified atom stereocenters. The summed E-state index contributed by atoms with van der Waals surface area (Å²) in [6.07, 6.45) is 2.94. The molecule has 1 aliphatic carbocycles. The molecule has 2 aromatic rings. The van der Waals surface area contributed by atoms with Crippen LogP contribution in [0.3, 0.4) is 0 Å². The molecule has 0 saturated carbocycles. The summed E-state index contributed by atoms with van der Waals surface area (Å²) in [6.45, 7) is 0. The molecule has 1 aromatic heterocycles. The number of aromatic nitrogens is 1. The van der Waals surface area contributed by atoms with E-state index in [1.807, 2.05) is 12.1 Å². The molecule has 3 rings (SSSR count). The zero-order chi connectivity index (χ0) is 15.0. The molecule has 0 radical (unpaired) electrons. The fourth-order valence-corrected chi connectivity index (χ4v) is 2.93. The standard InChI is InChI=1S/C16H14F3NO/c17-12-7-10(8-13(18)14(12)19)16(21)11-5-1-3-9-4-2-6-20-15(9)11/h2,4,6-8,11,16,21H,1,3,5H2. The Bertz CT molecular complexity index is 651. The monoisotopic (exact) mass is 293 g/mol. The number of hydrogen-bond acceptors (Lipinski definition) is 2. The predicted molar refractivity (Wildman–Crippen MR) is 71.2 cm³/mol. The summed E-state index contributed by atoms with van der Waals surface area (Å²) >= 11 is 0. The van der Waals surface area contributed by atoms with Gasteiger partial charge in [-0.1, -0.05) is 6.07 Å². The van der Waals surface area contributed by atoms with Gasteiger partial charge < -0.3 is 5.11 Å². The Hall–Kier alpha value is -1.88. The molecule has 1 N–H and O–H groups in total. The van der Waals surface area contributed by atoms with Gasteiger partial charge in [-0.15, -0.1) is 0 Å². The van der Waals surface area contributed by atoms with Gasteiger partial charge in [-0.25, -0.2) is 13.2 Å². The van der Waals surface area contributed by atoms with Crippen LogP contribution in [0.1, 0.15) is 41.7 Å². The highest BCUT2D eigenvalue weighted by Crippen LogP contribution is 2.39. The van der Waals surface area contributed by atoms with E-state index < -0.39 is 23.6 Å². The van der Waals surface area contributed by atoms with Crippen LogP contribution >= 0.6 is 0 Å². The van der Waals surface area contributed by atoms with Crippen molar-refractivity contribution >= 4 is 0 Å². The highest BCUT2D eigenvalue weighted by atomic mass is 19.2. The third kappa shape index (κ3) is 2.53. The lowest BCUT2D eigenvalue weighted by atomic mass is 9.81. The number of benzene rings is 1. The van der Waals surface area contributed by atoms with Crippen molar-refractivity contribution in [2.45, 2.75) is 31.3 Å². The SMILES string of the molecule is OC(c1cc(F)c(F)c(F)c1)C1CCCc2cccnc21. The molecule has 2 nitrogen and oxygen atoms in total. The highest BCUT2D eigenvalue weighted by Gasteiger charge is 2.30. The molecular weight excluding hydrogens is 279 g/mol. The topological polar surface area (TPSA) is 33.1 Å². The molecule has 0 spiro atoms. The molecule has 1 aliphatic rings. The van der Waals surface area contributed by atoms with E-state index in [1.165, 1.54) is 0 Å². The molecule has 0 amide bonds. The Labute approximate surface area is 120 Å². The predicted octanol–water partition coefficient (Wildman–Crippen LogP) is 3.65. The first kappa shape index (κ1) is 14.1. The zero-order valence-electron chi connectivity index (χ0n) is 11.2. The van der Waals surface area contributed by atoms with Gasteiger partial charge in [-0.2, -0.15) is 0 Å². The van der Waals surface area contributed by atoms with Crippen LogP contribution < -0.4 is 0 Å². The summed E-state index contributed by atoms with van der Waals surface area (Å²) in [5.74, 6) is -4.44. The summed E-state index contributed by atoms with van der Waals surface area (Å²) in [5, 5.41) is 10.4. The Balaban J connectivity index is 1.98. The van der Waals surface area contributed by atoms with Crippen LogP contribution in [0.4, 0.5) is 13.2 Å². The lowest BCUT2D eigenvalue weighted by Crippen LogP contribution is -2.19. The number of nitrogens with zero attached hydrogens (tertiary/aromatic N) is 1. The van der Waals surface area contributed by atoms with Crippen molar-refractivity contribution in [3.63, 3.8) is 0 Å². The van der Waals surface area contributed by atoms with Gasteiger partial charge in [-0.3, -0.25) is 4.98 Å². The molecule has 2 atom stereocenters. The second-order valence-corrected chi connectivity index (χ2v) is 5.29. The summed E-state index contributed by atoms with van der Waals surface area (Å²) < 4.78 is 39.7. The summed E-state index contributed by atoms with van der Waals surface area (Å²) in [5.41, 5.74) is 1.83. The second-order valence-electron chi connectivity index (χ2n) is 5.29. The molecule has 110 valence electrons. The maximum Gasteiger partial charge on any atom is 0.194 e. The minimum atomic E-state index is -1.52. The Morgan fingerprint density at radius 1 is 1.19 bits per heavy atom. The minimum Gasteiger partial charge on any atom is -0.388 e. The number of halogens is 3. The maximum atomic E-state index is 13.3. The Morgan fingerprint density at radius 3 is 2.62 bits per heavy atom. The van der Waals surface area contributed by atoms with Crippen molar-refractivity contribution < 1.29 is 18.3 Å². The number of hydrogen-bond donors (Lipinski definition) is 1. The molecule has 0 bridgehead atoms. The van der Waals surface area contributed by atoms with Crippen molar-refractivity contribution in [3.8, 4) is 0 Å². The van der Waals surface area contributed by atoms with E-state index in [1.54, 1.807) is 6.20 Å². The zero-order valence-corrected chi connectivity index (χ0v) is 11.2. The number of fused-ring (bicyclic) bond motifs is 1. The van der Waals surface area contributed by atoms with Gasteiger partial charge in [0, 0.05) is 17.8 Å². The van der Waals surface area contributed by atoms with Crippen LogP contribution in [-0.4, -0.2) is 10.1 Å². The van der Waals surface area contributed by atoms with E-state index in [2.05, 4.69) is 4.98 Å². The summed E-state index contributed by atoms with van der Waals surface area (Å²) in [6, 6.07) is 5.46. The molecular formula is C16H14F3NO. The van der Waals surface area contributed by atoms with Crippen LogP contribution in [0.5, 0.6) is 0 Å². The number of aliphatic hydroxyl groups excluding tert-OH is 1. The quantitative estimate of drug-likeness (QED) is 0.857. The van der Waals surface area contributed by atoms with E-state index in [0.29, 0.717) is 6.42 Å². The maximum absolute atomic E-state index is 13.3. The van der Waals surface area contributed by atoms with Crippen LogP contribution in [0.15, 0.2) is 30.5 Å². The first-order valence-electron chi connectivity index (χ1n) is 6.84. The second kappa shape index (κ2) is 5.48. The molecule has 0 aliphatic heterocycles. The fourth-order valence-electron chi connectivity index (χ4n) is 2.93. The molecule has 1 heterocycles. The van der Waals surface area contributed by atoms with Gasteiger partial charge in [0.2, 0.25) is 0 Å². The first-order chi connectivity index (χ1) is 10.1. The average Bonchev–Trinajstić information content (AvgIpc) is 2.51. The van der Waals surface area contributed by atoms with Crippen molar-refractivity contribution in [1.29, 1.82) is 0 Å². The lowest BCUT2D eigenvalue weighted by Gasteiger charge is -2.28. The number of aryl methyl sites for hydroxylation is 1. The van der Waals surface area contributed by atoms with Crippen LogP contribution in [0, 0.1) is 17.5 Å². The molecule has 1 aromatic carbocycles. The Kier molecular flexibility index (Phi) is 3.68. The van der Waals surface area contributed by atoms with E-state index in [-0.39, 0.29) is 11.5 Å². The first-order valence-corrected chi connectivity index (χ1v) is 6.84. The van der Waals surface area contributed by atoms with Crippen molar-refractivity contribution in [1.82, 2.24) is 4.98 Å². The van der Waals surface area contributed by atoms with Crippen molar-refractivity contribution in [2.75, 3.05) is 0 Å². The number of pyridine rings is 1. The molecule has 5 heteroatoms. The van der Waals surface area contributed by atoms with Crippen molar-refractivity contribution in [3.05, 3.63) is 64.7 Å². The molecule has 0 saturated heterocycles. The van der Waals surface area contributed by atoms with Gasteiger partial charge in [0.25, 0.3) is 0 Å². The lowest BCUT2D eigenvalue weighted by molar-refractivity contribution is 0.133. The largest absolute Gasteiger partial charge is 0.388 e. The molecule has 0 fully saturated rings. The fraction of sp³-hybridized carbons (Fsp3) is 0.312. The summed E-state index contributed by atoms with van der Waals surface area (Å²) in [4.78, 5) is 4.29. The van der Waals surface area contributed by atoms with E-state index in [9.17, 15) is 18.3 Å². The third-order valence-corrected chi connectivity index (χ3v) is 3.97. The smallest absolute Gasteiger partial charge is 0.194 e. The normalized spacial score (nSPS) is 19.1. The number of aliphatic hydroxyl groups is 1. The Morgan fingerprint density at radius 2 is 1.90 bits per heavy atom. The van der Waals surface area contributed by atoms with Crippen LogP contribution in [-0.2, 0) is 6.42 Å². The average molecular weight is 293 g/mol. The highest BCUT2D eigenvalue weighted by molar-refractivity contribution is 5.31. The molecule has 21 heavy (non-hydrogen) atoms. The van der Waals surface area contributed by atoms with Crippen LogP contribution in [0.2, 0.25) is 0 Å². The number of rotatable bonds is 2. The van der Waals surface area contributed by atoms with Crippen molar-refractivity contribution in [2.24, 2.45) is 0 Å². The van der Waals surface area contributed by atoms with Gasteiger partial charge in [0.1, 0.15) is 0 Å². The van der Waals surface area contributed by atoms with E-state index in [0.717, 1.165) is 36.2 Å². The van der Waals surface area contributed by atoms with E-state index in [4.69, 9.17) is 0 Å². The van der Waals surface area contributed by atoms with E-state index >= 15 is 0 Å². The van der Waals surface area contributed by atoms with Gasteiger partial charge >= 0.3 is 0 Å². The van der Waals surface area contributed by atoms with Gasteiger partial charge in [0.05, 0.1) is 6.10 Å².